The largest absolute Gasteiger partial charge is 0.472 e. The molecule has 0 aliphatic rings. The Morgan fingerprint density at radius 2 is 0.881 bits per heavy atom. The van der Waals surface area contributed by atoms with Gasteiger partial charge < -0.3 is 20.1 Å². The molecule has 9 nitrogen and oxygen atoms in total. The minimum atomic E-state index is -4.38. The summed E-state index contributed by atoms with van der Waals surface area (Å²) in [7, 11) is -4.38. The molecule has 2 atom stereocenters. The third-order valence-electron chi connectivity index (χ3n) is 10.8. The second-order valence-electron chi connectivity index (χ2n) is 16.7. The fraction of sp³-hybridized carbons (Fsp3) is 0.878. The molecule has 0 fully saturated rings. The molecule has 1 unspecified atom stereocenters. The van der Waals surface area contributed by atoms with Gasteiger partial charge in [-0.25, -0.2) is 4.57 Å². The summed E-state index contributed by atoms with van der Waals surface area (Å²) >= 11 is 0. The van der Waals surface area contributed by atoms with Gasteiger partial charge in [0.1, 0.15) is 6.61 Å². The Balaban J connectivity index is 4.04. The summed E-state index contributed by atoms with van der Waals surface area (Å²) in [5.74, 6) is -0.820. The third-order valence-corrected chi connectivity index (χ3v) is 11.8. The molecule has 0 rings (SSSR count). The molecule has 0 amide bonds. The average molecular weight is 856 g/mol. The summed E-state index contributed by atoms with van der Waals surface area (Å²) in [6.45, 7) is 3.75. The number of ether oxygens (including phenoxy) is 2. The zero-order valence-electron chi connectivity index (χ0n) is 38.5. The van der Waals surface area contributed by atoms with Gasteiger partial charge >= 0.3 is 19.8 Å². The van der Waals surface area contributed by atoms with Gasteiger partial charge in [0, 0.05) is 19.4 Å². The van der Waals surface area contributed by atoms with Gasteiger partial charge in [0.2, 0.25) is 0 Å². The second kappa shape index (κ2) is 46.0. The predicted octanol–water partition coefficient (Wildman–Crippen LogP) is 14.7. The molecular weight excluding hydrogens is 762 g/mol. The molecule has 0 bridgehead atoms. The molecule has 0 aromatic heterocycles. The van der Waals surface area contributed by atoms with Crippen molar-refractivity contribution >= 4 is 19.8 Å². The number of carbonyl (C=O) groups excluding carboxylic acids is 2. The van der Waals surface area contributed by atoms with Gasteiger partial charge in [-0.1, -0.05) is 212 Å². The number of phosphoric ester groups is 1. The molecule has 348 valence electrons. The Kier molecular flexibility index (Phi) is 44.8. The predicted molar refractivity (Wildman–Crippen MR) is 247 cm³/mol. The topological polar surface area (TPSA) is 134 Å². The third kappa shape index (κ3) is 45.8. The first-order valence-corrected chi connectivity index (χ1v) is 26.3. The summed E-state index contributed by atoms with van der Waals surface area (Å²) in [6.07, 6.45) is 50.6. The van der Waals surface area contributed by atoms with E-state index in [1.807, 2.05) is 0 Å². The number of rotatable bonds is 47. The summed E-state index contributed by atoms with van der Waals surface area (Å²) in [5.41, 5.74) is 5.36. The molecule has 0 aliphatic carbocycles. The number of hydrogen-bond donors (Lipinski definition) is 2. The number of carbonyl (C=O) groups is 2. The molecule has 0 saturated carbocycles. The Labute approximate surface area is 363 Å². The standard InChI is InChI=1S/C49H94NO8P/c1-3-5-7-9-11-13-15-17-19-21-23-25-27-29-31-33-35-37-39-41-48(51)55-45-47(46-57-59(53,54)56-44-43-50)58-49(52)42-40-38-36-34-32-30-28-26-24-22-20-18-16-14-12-10-8-6-4-2/h11,13,17,19,47H,3-10,12,14-16,18,20-46,50H2,1-2H3,(H,53,54)/b13-11-,19-17-/t47-/m1/s1. The van der Waals surface area contributed by atoms with E-state index in [0.29, 0.717) is 6.42 Å². The first kappa shape index (κ1) is 57.5. The molecule has 3 N–H and O–H groups in total. The van der Waals surface area contributed by atoms with Gasteiger partial charge in [0.05, 0.1) is 13.2 Å². The Hall–Kier alpha value is -1.51. The van der Waals surface area contributed by atoms with E-state index in [1.165, 1.54) is 173 Å². The molecule has 0 heterocycles. The van der Waals surface area contributed by atoms with Crippen LogP contribution in [0.1, 0.15) is 245 Å². The maximum Gasteiger partial charge on any atom is 0.472 e. The van der Waals surface area contributed by atoms with Crippen molar-refractivity contribution in [2.75, 3.05) is 26.4 Å². The Bertz CT molecular complexity index is 1020. The molecule has 0 radical (unpaired) electrons. The van der Waals surface area contributed by atoms with E-state index in [4.69, 9.17) is 24.3 Å². The van der Waals surface area contributed by atoms with Crippen LogP contribution in [-0.2, 0) is 32.7 Å². The van der Waals surface area contributed by atoms with E-state index in [-0.39, 0.29) is 38.6 Å². The quantitative estimate of drug-likeness (QED) is 0.0265. The minimum Gasteiger partial charge on any atom is -0.462 e. The number of unbranched alkanes of at least 4 members (excludes halogenated alkanes) is 30. The molecule has 10 heteroatoms. The Morgan fingerprint density at radius 3 is 1.32 bits per heavy atom. The molecule has 0 spiro atoms. The fourth-order valence-electron chi connectivity index (χ4n) is 7.14. The van der Waals surface area contributed by atoms with Crippen molar-refractivity contribution in [2.45, 2.75) is 251 Å². The molecule has 0 aromatic carbocycles. The van der Waals surface area contributed by atoms with Crippen LogP contribution in [0.5, 0.6) is 0 Å². The van der Waals surface area contributed by atoms with Crippen LogP contribution < -0.4 is 5.73 Å². The highest BCUT2D eigenvalue weighted by Crippen LogP contribution is 2.43. The molecule has 59 heavy (non-hydrogen) atoms. The van der Waals surface area contributed by atoms with Gasteiger partial charge in [-0.05, 0) is 44.9 Å². The van der Waals surface area contributed by atoms with E-state index in [9.17, 15) is 19.0 Å². The lowest BCUT2D eigenvalue weighted by atomic mass is 10.0. The van der Waals surface area contributed by atoms with Crippen molar-refractivity contribution in [3.05, 3.63) is 24.3 Å². The number of hydrogen-bond acceptors (Lipinski definition) is 8. The lowest BCUT2D eigenvalue weighted by molar-refractivity contribution is -0.161. The van der Waals surface area contributed by atoms with Crippen LogP contribution in [0.2, 0.25) is 0 Å². The molecule has 0 aromatic rings. The number of esters is 2. The van der Waals surface area contributed by atoms with E-state index < -0.39 is 26.5 Å². The second-order valence-corrected chi connectivity index (χ2v) is 18.1. The summed E-state index contributed by atoms with van der Waals surface area (Å²) in [5, 5.41) is 0. The zero-order valence-corrected chi connectivity index (χ0v) is 39.4. The van der Waals surface area contributed by atoms with Gasteiger partial charge in [0.15, 0.2) is 6.10 Å². The van der Waals surface area contributed by atoms with E-state index >= 15 is 0 Å². The van der Waals surface area contributed by atoms with Gasteiger partial charge in [0.25, 0.3) is 0 Å². The van der Waals surface area contributed by atoms with Crippen LogP contribution in [0, 0.1) is 0 Å². The lowest BCUT2D eigenvalue weighted by Gasteiger charge is -2.19. The molecular formula is C49H94NO8P. The van der Waals surface area contributed by atoms with Crippen molar-refractivity contribution in [2.24, 2.45) is 5.73 Å². The normalized spacial score (nSPS) is 13.4. The first-order chi connectivity index (χ1) is 28.8. The maximum atomic E-state index is 12.6. The summed E-state index contributed by atoms with van der Waals surface area (Å²) < 4.78 is 32.9. The smallest absolute Gasteiger partial charge is 0.462 e. The summed E-state index contributed by atoms with van der Waals surface area (Å²) in [4.78, 5) is 35.0. The van der Waals surface area contributed by atoms with E-state index in [2.05, 4.69) is 38.2 Å². The highest BCUT2D eigenvalue weighted by molar-refractivity contribution is 7.47. The van der Waals surface area contributed by atoms with Crippen molar-refractivity contribution in [1.82, 2.24) is 0 Å². The highest BCUT2D eigenvalue weighted by Gasteiger charge is 2.26. The maximum absolute atomic E-state index is 12.6. The van der Waals surface area contributed by atoms with Crippen molar-refractivity contribution in [3.63, 3.8) is 0 Å². The van der Waals surface area contributed by atoms with Crippen LogP contribution in [-0.4, -0.2) is 49.3 Å². The average Bonchev–Trinajstić information content (AvgIpc) is 3.22. The summed E-state index contributed by atoms with van der Waals surface area (Å²) in [6, 6.07) is 0. The van der Waals surface area contributed by atoms with E-state index in [0.717, 1.165) is 38.5 Å². The van der Waals surface area contributed by atoms with Crippen molar-refractivity contribution in [3.8, 4) is 0 Å². The van der Waals surface area contributed by atoms with Crippen LogP contribution in [0.4, 0.5) is 0 Å². The lowest BCUT2D eigenvalue weighted by Crippen LogP contribution is -2.29. The van der Waals surface area contributed by atoms with Crippen LogP contribution >= 0.6 is 7.82 Å². The number of allylic oxidation sites excluding steroid dienone is 4. The number of phosphoric acid groups is 1. The zero-order chi connectivity index (χ0) is 43.2. The highest BCUT2D eigenvalue weighted by atomic mass is 31.2. The number of nitrogens with two attached hydrogens (primary N) is 1. The van der Waals surface area contributed by atoms with Crippen LogP contribution in [0.3, 0.4) is 0 Å². The Morgan fingerprint density at radius 1 is 0.508 bits per heavy atom. The minimum absolute atomic E-state index is 0.0549. The molecule has 0 saturated heterocycles. The van der Waals surface area contributed by atoms with E-state index in [1.54, 1.807) is 0 Å². The SMILES string of the molecule is CCCCC/C=C\C/C=C\CCCCCCCCCCCC(=O)OC[C@H](COP(=O)(O)OCCN)OC(=O)CCCCCCCCCCCCCCCCCCCCC. The fourth-order valence-corrected chi connectivity index (χ4v) is 7.90. The first-order valence-electron chi connectivity index (χ1n) is 24.8. The van der Waals surface area contributed by atoms with Crippen LogP contribution in [0.25, 0.3) is 0 Å². The molecule has 0 aliphatic heterocycles. The van der Waals surface area contributed by atoms with Gasteiger partial charge in [-0.2, -0.15) is 0 Å². The van der Waals surface area contributed by atoms with Crippen molar-refractivity contribution < 1.29 is 37.6 Å². The van der Waals surface area contributed by atoms with Gasteiger partial charge in [-0.3, -0.25) is 18.6 Å². The van der Waals surface area contributed by atoms with Crippen LogP contribution in [0.15, 0.2) is 24.3 Å². The van der Waals surface area contributed by atoms with Gasteiger partial charge in [-0.15, -0.1) is 0 Å². The van der Waals surface area contributed by atoms with Crippen molar-refractivity contribution in [1.29, 1.82) is 0 Å². The monoisotopic (exact) mass is 856 g/mol.